The highest BCUT2D eigenvalue weighted by Crippen LogP contribution is 2.38. The third-order valence-corrected chi connectivity index (χ3v) is 5.44. The van der Waals surface area contributed by atoms with Gasteiger partial charge in [-0.1, -0.05) is 19.9 Å². The number of hydrogen-bond acceptors (Lipinski definition) is 3. The van der Waals surface area contributed by atoms with Crippen molar-refractivity contribution in [3.8, 4) is 5.75 Å². The molecule has 1 amide bonds. The average Bonchev–Trinajstić information content (AvgIpc) is 2.62. The second kappa shape index (κ2) is 7.37. The lowest BCUT2D eigenvalue weighted by Gasteiger charge is -2.39. The fourth-order valence-corrected chi connectivity index (χ4v) is 4.08. The second-order valence-corrected chi connectivity index (χ2v) is 8.19. The first kappa shape index (κ1) is 21.2. The van der Waals surface area contributed by atoms with E-state index in [-0.39, 0.29) is 16.7 Å². The lowest BCUT2D eigenvalue weighted by atomic mass is 9.77. The summed E-state index contributed by atoms with van der Waals surface area (Å²) < 4.78 is 44.5. The zero-order valence-corrected chi connectivity index (χ0v) is 17.2. The summed E-state index contributed by atoms with van der Waals surface area (Å²) in [5.41, 5.74) is 2.84. The number of likely N-dealkylation sites (N-methyl/N-ethyl adjacent to an activating group) is 1. The number of methoxy groups -OCH3 is 1. The van der Waals surface area contributed by atoms with E-state index in [4.69, 9.17) is 4.74 Å². The van der Waals surface area contributed by atoms with E-state index in [1.54, 1.807) is 0 Å². The summed E-state index contributed by atoms with van der Waals surface area (Å²) >= 11 is 0. The maximum Gasteiger partial charge on any atom is 0.419 e. The van der Waals surface area contributed by atoms with Crippen LogP contribution in [0.15, 0.2) is 30.3 Å². The normalized spacial score (nSPS) is 16.3. The Hall–Kier alpha value is -2.54. The van der Waals surface area contributed by atoms with Gasteiger partial charge in [-0.15, -0.1) is 0 Å². The van der Waals surface area contributed by atoms with Crippen molar-refractivity contribution in [3.05, 3.63) is 58.1 Å². The smallest absolute Gasteiger partial charge is 0.419 e. The van der Waals surface area contributed by atoms with Crippen LogP contribution >= 0.6 is 0 Å². The summed E-state index contributed by atoms with van der Waals surface area (Å²) in [5, 5.41) is 2.77. The minimum Gasteiger partial charge on any atom is -0.496 e. The van der Waals surface area contributed by atoms with Crippen molar-refractivity contribution >= 4 is 11.6 Å². The van der Waals surface area contributed by atoms with Crippen molar-refractivity contribution in [2.75, 3.05) is 26.0 Å². The highest BCUT2D eigenvalue weighted by atomic mass is 19.4. The molecule has 2 aromatic rings. The minimum absolute atomic E-state index is 0.0206. The Morgan fingerprint density at radius 1 is 1.21 bits per heavy atom. The van der Waals surface area contributed by atoms with Crippen LogP contribution in [0.4, 0.5) is 18.9 Å². The lowest BCUT2D eigenvalue weighted by Crippen LogP contribution is -2.40. The number of hydrogen-bond donors (Lipinski definition) is 1. The Labute approximate surface area is 168 Å². The summed E-state index contributed by atoms with van der Waals surface area (Å²) in [6.07, 6.45) is -4.61. The summed E-state index contributed by atoms with van der Waals surface area (Å²) in [5.74, 6) is -0.908. The molecule has 0 radical (unpaired) electrons. The number of halogens is 3. The number of amides is 1. The van der Waals surface area contributed by atoms with Gasteiger partial charge < -0.3 is 15.0 Å². The van der Waals surface area contributed by atoms with Gasteiger partial charge in [0.15, 0.2) is 0 Å². The van der Waals surface area contributed by atoms with Crippen LogP contribution in [0.25, 0.3) is 0 Å². The zero-order valence-electron chi connectivity index (χ0n) is 17.2. The van der Waals surface area contributed by atoms with E-state index in [9.17, 15) is 18.0 Å². The van der Waals surface area contributed by atoms with Gasteiger partial charge in [0, 0.05) is 29.8 Å². The van der Waals surface area contributed by atoms with Gasteiger partial charge in [0.05, 0.1) is 12.7 Å². The van der Waals surface area contributed by atoms with Crippen LogP contribution in [-0.2, 0) is 18.1 Å². The highest BCUT2D eigenvalue weighted by molar-refractivity contribution is 6.05. The Morgan fingerprint density at radius 3 is 2.52 bits per heavy atom. The van der Waals surface area contributed by atoms with Gasteiger partial charge in [0.1, 0.15) is 5.75 Å². The molecule has 2 aromatic carbocycles. The van der Waals surface area contributed by atoms with Crippen molar-refractivity contribution in [1.29, 1.82) is 0 Å². The largest absolute Gasteiger partial charge is 0.496 e. The number of nitrogens with one attached hydrogen (secondary N) is 1. The summed E-state index contributed by atoms with van der Waals surface area (Å²) in [4.78, 5) is 14.9. The maximum absolute atomic E-state index is 13.3. The molecule has 0 fully saturated rings. The van der Waals surface area contributed by atoms with Crippen LogP contribution in [0.1, 0.15) is 46.5 Å². The molecule has 1 N–H and O–H groups in total. The number of fused-ring (bicyclic) bond motifs is 1. The molecule has 3 rings (SSSR count). The van der Waals surface area contributed by atoms with E-state index in [1.165, 1.54) is 18.7 Å². The van der Waals surface area contributed by atoms with Gasteiger partial charge in [-0.3, -0.25) is 4.79 Å². The van der Waals surface area contributed by atoms with Crippen LogP contribution in [0.3, 0.4) is 0 Å². The first-order chi connectivity index (χ1) is 13.4. The number of anilines is 1. The minimum atomic E-state index is -4.61. The molecular weight excluding hydrogens is 381 g/mol. The molecule has 0 atom stereocenters. The van der Waals surface area contributed by atoms with E-state index in [0.717, 1.165) is 36.3 Å². The van der Waals surface area contributed by atoms with Crippen molar-refractivity contribution < 1.29 is 22.7 Å². The summed E-state index contributed by atoms with van der Waals surface area (Å²) in [6, 6.07) is 7.13. The molecule has 0 unspecified atom stereocenters. The molecule has 1 aliphatic rings. The van der Waals surface area contributed by atoms with Crippen LogP contribution in [0.5, 0.6) is 5.75 Å². The fourth-order valence-electron chi connectivity index (χ4n) is 4.08. The van der Waals surface area contributed by atoms with Crippen molar-refractivity contribution in [2.24, 2.45) is 0 Å². The molecule has 0 aromatic heterocycles. The topological polar surface area (TPSA) is 41.6 Å². The molecule has 0 saturated heterocycles. The number of nitrogens with zero attached hydrogens (tertiary/aromatic N) is 1. The van der Waals surface area contributed by atoms with Crippen LogP contribution < -0.4 is 10.1 Å². The van der Waals surface area contributed by atoms with Gasteiger partial charge in [-0.05, 0) is 54.9 Å². The quantitative estimate of drug-likeness (QED) is 0.780. The van der Waals surface area contributed by atoms with Crippen LogP contribution in [-0.4, -0.2) is 31.5 Å². The number of alkyl halides is 3. The van der Waals surface area contributed by atoms with E-state index < -0.39 is 17.6 Å². The molecule has 0 bridgehead atoms. The molecule has 0 saturated carbocycles. The van der Waals surface area contributed by atoms with Gasteiger partial charge in [0.2, 0.25) is 0 Å². The molecule has 0 aliphatic carbocycles. The predicted octanol–water partition coefficient (Wildman–Crippen LogP) is 5.00. The van der Waals surface area contributed by atoms with E-state index in [2.05, 4.69) is 24.1 Å². The van der Waals surface area contributed by atoms with Crippen molar-refractivity contribution in [2.45, 2.75) is 38.9 Å². The second-order valence-electron chi connectivity index (χ2n) is 8.19. The predicted molar refractivity (Wildman–Crippen MR) is 106 cm³/mol. The van der Waals surface area contributed by atoms with Gasteiger partial charge >= 0.3 is 6.18 Å². The first-order valence-electron chi connectivity index (χ1n) is 9.32. The number of rotatable bonds is 3. The summed E-state index contributed by atoms with van der Waals surface area (Å²) in [6.45, 7) is 7.97. The fraction of sp³-hybridized carbons (Fsp3) is 0.409. The monoisotopic (exact) mass is 406 g/mol. The van der Waals surface area contributed by atoms with E-state index >= 15 is 0 Å². The van der Waals surface area contributed by atoms with Crippen LogP contribution in [0.2, 0.25) is 0 Å². The van der Waals surface area contributed by atoms with Crippen molar-refractivity contribution in [3.63, 3.8) is 0 Å². The number of benzene rings is 2. The number of carbonyl (C=O) groups is 1. The van der Waals surface area contributed by atoms with Crippen LogP contribution in [0, 0.1) is 6.92 Å². The first-order valence-corrected chi connectivity index (χ1v) is 9.32. The zero-order chi connectivity index (χ0) is 21.6. The Morgan fingerprint density at radius 2 is 1.90 bits per heavy atom. The van der Waals surface area contributed by atoms with Crippen molar-refractivity contribution in [1.82, 2.24) is 4.90 Å². The molecule has 4 nitrogen and oxygen atoms in total. The highest BCUT2D eigenvalue weighted by Gasteiger charge is 2.35. The third-order valence-electron chi connectivity index (χ3n) is 5.44. The molecular formula is C22H25F3N2O2. The van der Waals surface area contributed by atoms with Gasteiger partial charge in [-0.25, -0.2) is 0 Å². The average molecular weight is 406 g/mol. The Kier molecular flexibility index (Phi) is 5.38. The Bertz CT molecular complexity index is 952. The molecule has 29 heavy (non-hydrogen) atoms. The summed E-state index contributed by atoms with van der Waals surface area (Å²) in [7, 11) is 3.21. The third kappa shape index (κ3) is 4.10. The van der Waals surface area contributed by atoms with E-state index in [0.29, 0.717) is 5.69 Å². The molecule has 7 heteroatoms. The van der Waals surface area contributed by atoms with Gasteiger partial charge in [-0.2, -0.15) is 13.2 Å². The Balaban J connectivity index is 1.94. The van der Waals surface area contributed by atoms with Gasteiger partial charge in [0.25, 0.3) is 5.91 Å². The maximum atomic E-state index is 13.3. The SMILES string of the molecule is COc1ccc(C(=O)Nc2ccc3c(c2C)CN(C)CC3(C)C)cc1C(F)(F)F. The molecule has 156 valence electrons. The van der Waals surface area contributed by atoms with E-state index in [1.807, 2.05) is 26.1 Å². The standard InChI is InChI=1S/C22H25F3N2O2/c1-13-15-11-27(4)12-21(2,3)16(15)7-8-18(13)26-20(28)14-6-9-19(29-5)17(10-14)22(23,24)25/h6-10H,11-12H2,1-5H3,(H,26,28). The number of carbonyl (C=O) groups excluding carboxylic acids is 1. The molecule has 1 heterocycles. The molecule has 0 spiro atoms. The number of ether oxygens (including phenoxy) is 1. The molecule has 1 aliphatic heterocycles. The lowest BCUT2D eigenvalue weighted by molar-refractivity contribution is -0.138.